The summed E-state index contributed by atoms with van der Waals surface area (Å²) in [6.07, 6.45) is 0.897. The molecule has 1 aliphatic rings. The molecule has 1 unspecified atom stereocenters. The molecule has 84 valence electrons. The maximum absolute atomic E-state index is 11.7. The topological polar surface area (TPSA) is 92.5 Å². The van der Waals surface area contributed by atoms with Gasteiger partial charge in [0.1, 0.15) is 0 Å². The third-order valence-corrected chi connectivity index (χ3v) is 2.38. The lowest BCUT2D eigenvalue weighted by atomic mass is 9.98. The van der Waals surface area contributed by atoms with Crippen LogP contribution < -0.4 is 11.1 Å². The number of primary amides is 1. The van der Waals surface area contributed by atoms with Crippen LogP contribution >= 0.6 is 0 Å². The second kappa shape index (κ2) is 4.77. The van der Waals surface area contributed by atoms with Crippen molar-refractivity contribution in [3.63, 3.8) is 0 Å². The number of nitrogens with two attached hydrogens (primary N) is 1. The van der Waals surface area contributed by atoms with Gasteiger partial charge in [-0.2, -0.15) is 0 Å². The summed E-state index contributed by atoms with van der Waals surface area (Å²) >= 11 is 0. The SMILES string of the molecule is CN(CC(N)=O)C(=O)C1CCC(=O)NC1. The van der Waals surface area contributed by atoms with Gasteiger partial charge >= 0.3 is 0 Å². The van der Waals surface area contributed by atoms with Gasteiger partial charge in [0.05, 0.1) is 12.5 Å². The van der Waals surface area contributed by atoms with Crippen molar-refractivity contribution in [1.29, 1.82) is 0 Å². The highest BCUT2D eigenvalue weighted by Gasteiger charge is 2.27. The first-order chi connectivity index (χ1) is 7.00. The third-order valence-electron chi connectivity index (χ3n) is 2.38. The number of piperidine rings is 1. The van der Waals surface area contributed by atoms with Crippen molar-refractivity contribution in [2.45, 2.75) is 12.8 Å². The molecule has 1 saturated heterocycles. The van der Waals surface area contributed by atoms with E-state index in [0.717, 1.165) is 0 Å². The van der Waals surface area contributed by atoms with E-state index in [1.54, 1.807) is 0 Å². The lowest BCUT2D eigenvalue weighted by molar-refractivity contribution is -0.139. The minimum Gasteiger partial charge on any atom is -0.368 e. The second-order valence-electron chi connectivity index (χ2n) is 3.70. The molecule has 6 heteroatoms. The fourth-order valence-corrected chi connectivity index (χ4v) is 1.57. The first-order valence-electron chi connectivity index (χ1n) is 4.80. The fourth-order valence-electron chi connectivity index (χ4n) is 1.57. The van der Waals surface area contributed by atoms with E-state index in [1.807, 2.05) is 0 Å². The number of amides is 3. The molecule has 3 N–H and O–H groups in total. The minimum atomic E-state index is -0.536. The van der Waals surface area contributed by atoms with Gasteiger partial charge in [-0.25, -0.2) is 0 Å². The molecule has 1 rings (SSSR count). The summed E-state index contributed by atoms with van der Waals surface area (Å²) in [7, 11) is 1.53. The van der Waals surface area contributed by atoms with Gasteiger partial charge in [0.2, 0.25) is 17.7 Å². The molecule has 0 saturated carbocycles. The number of hydrogen-bond donors (Lipinski definition) is 2. The van der Waals surface area contributed by atoms with Gasteiger partial charge in [0.25, 0.3) is 0 Å². The largest absolute Gasteiger partial charge is 0.368 e. The van der Waals surface area contributed by atoms with Crippen LogP contribution in [0.2, 0.25) is 0 Å². The molecule has 0 spiro atoms. The molecule has 1 aliphatic heterocycles. The normalized spacial score (nSPS) is 20.6. The molecule has 0 aromatic heterocycles. The monoisotopic (exact) mass is 213 g/mol. The van der Waals surface area contributed by atoms with E-state index < -0.39 is 5.91 Å². The Morgan fingerprint density at radius 2 is 2.27 bits per heavy atom. The number of carbonyl (C=O) groups excluding carboxylic acids is 3. The Morgan fingerprint density at radius 1 is 1.60 bits per heavy atom. The van der Waals surface area contributed by atoms with E-state index in [4.69, 9.17) is 5.73 Å². The van der Waals surface area contributed by atoms with E-state index in [0.29, 0.717) is 19.4 Å². The van der Waals surface area contributed by atoms with Crippen LogP contribution in [-0.4, -0.2) is 42.8 Å². The zero-order valence-electron chi connectivity index (χ0n) is 8.66. The molecule has 0 radical (unpaired) electrons. The lowest BCUT2D eigenvalue weighted by Crippen LogP contribution is -2.45. The van der Waals surface area contributed by atoms with Gasteiger partial charge in [-0.1, -0.05) is 0 Å². The molecule has 1 heterocycles. The Balaban J connectivity index is 2.46. The van der Waals surface area contributed by atoms with Crippen LogP contribution in [0.3, 0.4) is 0 Å². The number of carbonyl (C=O) groups is 3. The summed E-state index contributed by atoms with van der Waals surface area (Å²) in [5.74, 6) is -0.942. The quantitative estimate of drug-likeness (QED) is 0.595. The summed E-state index contributed by atoms with van der Waals surface area (Å²) in [4.78, 5) is 34.5. The van der Waals surface area contributed by atoms with Gasteiger partial charge < -0.3 is 16.0 Å². The molecule has 0 aliphatic carbocycles. The van der Waals surface area contributed by atoms with Gasteiger partial charge in [0, 0.05) is 20.0 Å². The Bertz CT molecular complexity index is 280. The summed E-state index contributed by atoms with van der Waals surface area (Å²) in [6.45, 7) is 0.268. The number of rotatable bonds is 3. The first kappa shape index (κ1) is 11.5. The molecule has 0 aromatic rings. The van der Waals surface area contributed by atoms with Crippen molar-refractivity contribution in [3.8, 4) is 0 Å². The number of nitrogens with one attached hydrogen (secondary N) is 1. The van der Waals surface area contributed by atoms with E-state index in [9.17, 15) is 14.4 Å². The molecule has 0 aromatic carbocycles. The van der Waals surface area contributed by atoms with Crippen molar-refractivity contribution >= 4 is 17.7 Å². The fraction of sp³-hybridized carbons (Fsp3) is 0.667. The van der Waals surface area contributed by atoms with Crippen LogP contribution in [0, 0.1) is 5.92 Å². The predicted molar refractivity (Wildman–Crippen MR) is 52.6 cm³/mol. The Kier molecular flexibility index (Phi) is 3.65. The van der Waals surface area contributed by atoms with E-state index >= 15 is 0 Å². The predicted octanol–water partition coefficient (Wildman–Crippen LogP) is -1.54. The van der Waals surface area contributed by atoms with Gasteiger partial charge in [-0.15, -0.1) is 0 Å². The van der Waals surface area contributed by atoms with E-state index in [2.05, 4.69) is 5.32 Å². The Labute approximate surface area is 87.8 Å². The van der Waals surface area contributed by atoms with E-state index in [-0.39, 0.29) is 24.3 Å². The highest BCUT2D eigenvalue weighted by molar-refractivity contribution is 5.87. The zero-order chi connectivity index (χ0) is 11.4. The molecule has 1 fully saturated rings. The van der Waals surface area contributed by atoms with Crippen molar-refractivity contribution in [2.75, 3.05) is 20.1 Å². The summed E-state index contributed by atoms with van der Waals surface area (Å²) < 4.78 is 0. The first-order valence-corrected chi connectivity index (χ1v) is 4.80. The average molecular weight is 213 g/mol. The van der Waals surface area contributed by atoms with Crippen molar-refractivity contribution in [1.82, 2.24) is 10.2 Å². The molecule has 1 atom stereocenters. The third kappa shape index (κ3) is 3.23. The van der Waals surface area contributed by atoms with Crippen LogP contribution in [-0.2, 0) is 14.4 Å². The smallest absolute Gasteiger partial charge is 0.237 e. The van der Waals surface area contributed by atoms with Crippen molar-refractivity contribution in [3.05, 3.63) is 0 Å². The van der Waals surface area contributed by atoms with Crippen molar-refractivity contribution in [2.24, 2.45) is 11.7 Å². The maximum Gasteiger partial charge on any atom is 0.237 e. The standard InChI is InChI=1S/C9H15N3O3/c1-12(5-7(10)13)9(15)6-2-3-8(14)11-4-6/h6H,2-5H2,1H3,(H2,10,13)(H,11,14). The minimum absolute atomic E-state index is 0.0309. The van der Waals surface area contributed by atoms with Crippen LogP contribution in [0.1, 0.15) is 12.8 Å². The van der Waals surface area contributed by atoms with Crippen LogP contribution in [0.5, 0.6) is 0 Å². The average Bonchev–Trinajstić information content (AvgIpc) is 2.17. The lowest BCUT2D eigenvalue weighted by Gasteiger charge is -2.25. The summed E-state index contributed by atoms with van der Waals surface area (Å²) in [6, 6.07) is 0. The van der Waals surface area contributed by atoms with Gasteiger partial charge in [0.15, 0.2) is 0 Å². The Morgan fingerprint density at radius 3 is 2.73 bits per heavy atom. The van der Waals surface area contributed by atoms with Gasteiger partial charge in [-0.3, -0.25) is 14.4 Å². The highest BCUT2D eigenvalue weighted by Crippen LogP contribution is 2.13. The second-order valence-corrected chi connectivity index (χ2v) is 3.70. The molecule has 0 bridgehead atoms. The zero-order valence-corrected chi connectivity index (χ0v) is 8.66. The van der Waals surface area contributed by atoms with Crippen LogP contribution in [0.25, 0.3) is 0 Å². The number of hydrogen-bond acceptors (Lipinski definition) is 3. The van der Waals surface area contributed by atoms with Crippen molar-refractivity contribution < 1.29 is 14.4 Å². The number of nitrogens with zero attached hydrogens (tertiary/aromatic N) is 1. The highest BCUT2D eigenvalue weighted by atomic mass is 16.2. The van der Waals surface area contributed by atoms with E-state index in [1.165, 1.54) is 11.9 Å². The maximum atomic E-state index is 11.7. The van der Waals surface area contributed by atoms with Gasteiger partial charge in [-0.05, 0) is 6.42 Å². The molecule has 15 heavy (non-hydrogen) atoms. The van der Waals surface area contributed by atoms with Crippen LogP contribution in [0.4, 0.5) is 0 Å². The molecule has 6 nitrogen and oxygen atoms in total. The molecule has 3 amide bonds. The summed E-state index contributed by atoms with van der Waals surface area (Å²) in [5.41, 5.74) is 4.98. The molecular weight excluding hydrogens is 198 g/mol. The van der Waals surface area contributed by atoms with Crippen LogP contribution in [0.15, 0.2) is 0 Å². The molecular formula is C9H15N3O3. The summed E-state index contributed by atoms with van der Waals surface area (Å²) in [5, 5.41) is 2.62. The number of likely N-dealkylation sites (N-methyl/N-ethyl adjacent to an activating group) is 1. The Hall–Kier alpha value is -1.59.